The number of hydrogen-bond acceptors (Lipinski definition) is 6. The van der Waals surface area contributed by atoms with Gasteiger partial charge in [0.2, 0.25) is 0 Å². The number of rotatable bonds is 11. The molecular formula is C27H27ClN4O4S. The summed E-state index contributed by atoms with van der Waals surface area (Å²) in [6.07, 6.45) is 0.834. The molecule has 1 heterocycles. The quantitative estimate of drug-likeness (QED) is 0.193. The fourth-order valence-corrected chi connectivity index (χ4v) is 4.11. The maximum Gasteiger partial charge on any atom is 0.276 e. The van der Waals surface area contributed by atoms with Crippen molar-refractivity contribution in [3.8, 4) is 11.5 Å². The average Bonchev–Trinajstić information content (AvgIpc) is 3.16. The number of hydrazine groups is 1. The molecule has 0 radical (unpaired) electrons. The van der Waals surface area contributed by atoms with Gasteiger partial charge in [0.05, 0.1) is 18.2 Å². The third kappa shape index (κ3) is 6.76. The number of methoxy groups -OCH3 is 1. The molecule has 2 amide bonds. The van der Waals surface area contributed by atoms with E-state index in [0.717, 1.165) is 22.0 Å². The van der Waals surface area contributed by atoms with Gasteiger partial charge in [-0.3, -0.25) is 9.59 Å². The van der Waals surface area contributed by atoms with Crippen LogP contribution in [0.5, 0.6) is 11.5 Å². The number of carbonyl (C=O) groups excluding carboxylic acids is 2. The van der Waals surface area contributed by atoms with Gasteiger partial charge < -0.3 is 20.1 Å². The first-order valence-electron chi connectivity index (χ1n) is 11.7. The van der Waals surface area contributed by atoms with E-state index in [-0.39, 0.29) is 25.0 Å². The molecule has 0 aromatic heterocycles. The Hall–Kier alpha value is -3.66. The predicted octanol–water partition coefficient (Wildman–Crippen LogP) is 3.74. The third-order valence-corrected chi connectivity index (χ3v) is 6.26. The Bertz CT molecular complexity index is 1250. The van der Waals surface area contributed by atoms with E-state index < -0.39 is 0 Å². The van der Waals surface area contributed by atoms with Crippen molar-refractivity contribution in [1.29, 1.82) is 0 Å². The summed E-state index contributed by atoms with van der Waals surface area (Å²) in [5.74, 6) is 0.389. The minimum atomic E-state index is -0.368. The summed E-state index contributed by atoms with van der Waals surface area (Å²) >= 11 is 11.3. The second-order valence-electron chi connectivity index (χ2n) is 8.22. The van der Waals surface area contributed by atoms with Crippen molar-refractivity contribution in [2.45, 2.75) is 13.0 Å². The van der Waals surface area contributed by atoms with Crippen LogP contribution < -0.4 is 25.5 Å². The number of ether oxygens (including phenoxy) is 2. The lowest BCUT2D eigenvalue weighted by Crippen LogP contribution is -2.44. The van der Waals surface area contributed by atoms with Crippen LogP contribution in [0.3, 0.4) is 0 Å². The van der Waals surface area contributed by atoms with Crippen molar-refractivity contribution in [3.05, 3.63) is 94.0 Å². The second-order valence-corrected chi connectivity index (χ2v) is 9.06. The minimum absolute atomic E-state index is 0.225. The zero-order chi connectivity index (χ0) is 26.2. The molecule has 10 heteroatoms. The maximum absolute atomic E-state index is 12.4. The second kappa shape index (κ2) is 12.5. The highest BCUT2D eigenvalue weighted by Crippen LogP contribution is 2.28. The number of carbonyl (C=O) groups is 2. The molecular weight excluding hydrogens is 512 g/mol. The van der Waals surface area contributed by atoms with Crippen molar-refractivity contribution < 1.29 is 19.1 Å². The number of imide groups is 1. The van der Waals surface area contributed by atoms with Gasteiger partial charge >= 0.3 is 0 Å². The Kier molecular flexibility index (Phi) is 8.95. The van der Waals surface area contributed by atoms with Gasteiger partial charge in [-0.05, 0) is 66.2 Å². The molecule has 0 unspecified atom stereocenters. The van der Waals surface area contributed by atoms with E-state index in [2.05, 4.69) is 16.1 Å². The summed E-state index contributed by atoms with van der Waals surface area (Å²) in [6.45, 7) is 1.71. The fourth-order valence-electron chi connectivity index (χ4n) is 3.81. The summed E-state index contributed by atoms with van der Waals surface area (Å²) in [5, 5.41) is 8.69. The molecule has 0 saturated carbocycles. The summed E-state index contributed by atoms with van der Waals surface area (Å²) in [5.41, 5.74) is 5.77. The SMILES string of the molecule is COc1cc(CNC(=S)NCCc2ccc(Cl)cc2)ccc1OCCNN1C(=O)c2ccccc2C1=O. The lowest BCUT2D eigenvalue weighted by atomic mass is 10.1. The molecule has 0 fully saturated rings. The van der Waals surface area contributed by atoms with Crippen LogP contribution >= 0.6 is 23.8 Å². The number of nitrogens with zero attached hydrogens (tertiary/aromatic N) is 1. The molecule has 8 nitrogen and oxygen atoms in total. The average molecular weight is 539 g/mol. The molecule has 4 rings (SSSR count). The Balaban J connectivity index is 1.20. The Morgan fingerprint density at radius 2 is 1.57 bits per heavy atom. The monoisotopic (exact) mass is 538 g/mol. The largest absolute Gasteiger partial charge is 0.493 e. The molecule has 0 saturated heterocycles. The number of amides is 2. The first-order chi connectivity index (χ1) is 18.0. The molecule has 0 aliphatic carbocycles. The summed E-state index contributed by atoms with van der Waals surface area (Å²) < 4.78 is 11.3. The summed E-state index contributed by atoms with van der Waals surface area (Å²) in [4.78, 5) is 24.8. The Labute approximate surface area is 225 Å². The molecule has 192 valence electrons. The van der Waals surface area contributed by atoms with Crippen LogP contribution in [-0.4, -0.2) is 48.7 Å². The summed E-state index contributed by atoms with van der Waals surface area (Å²) in [7, 11) is 1.57. The number of hydrogen-bond donors (Lipinski definition) is 3. The first kappa shape index (κ1) is 26.4. The zero-order valence-electron chi connectivity index (χ0n) is 20.3. The van der Waals surface area contributed by atoms with E-state index >= 15 is 0 Å². The topological polar surface area (TPSA) is 91.9 Å². The van der Waals surface area contributed by atoms with Crippen molar-refractivity contribution in [1.82, 2.24) is 21.1 Å². The van der Waals surface area contributed by atoms with Gasteiger partial charge in [0, 0.05) is 24.7 Å². The van der Waals surface area contributed by atoms with Gasteiger partial charge in [0.25, 0.3) is 11.8 Å². The lowest BCUT2D eigenvalue weighted by Gasteiger charge is -2.17. The van der Waals surface area contributed by atoms with Crippen molar-refractivity contribution in [2.24, 2.45) is 0 Å². The van der Waals surface area contributed by atoms with Gasteiger partial charge in [-0.15, -0.1) is 0 Å². The number of thiocarbonyl (C=S) groups is 1. The Morgan fingerprint density at radius 1 is 0.892 bits per heavy atom. The van der Waals surface area contributed by atoms with Gasteiger partial charge in [0.1, 0.15) is 6.61 Å². The molecule has 37 heavy (non-hydrogen) atoms. The smallest absolute Gasteiger partial charge is 0.276 e. The van der Waals surface area contributed by atoms with Crippen LogP contribution in [0.1, 0.15) is 31.8 Å². The molecule has 0 bridgehead atoms. The van der Waals surface area contributed by atoms with Crippen LogP contribution in [0, 0.1) is 0 Å². The van der Waals surface area contributed by atoms with E-state index in [4.69, 9.17) is 33.3 Å². The van der Waals surface area contributed by atoms with Gasteiger partial charge in [-0.1, -0.05) is 41.9 Å². The number of halogens is 1. The van der Waals surface area contributed by atoms with Gasteiger partial charge in [-0.25, -0.2) is 10.4 Å². The molecule has 1 aliphatic rings. The highest BCUT2D eigenvalue weighted by molar-refractivity contribution is 7.80. The van der Waals surface area contributed by atoms with E-state index in [9.17, 15) is 9.59 Å². The zero-order valence-corrected chi connectivity index (χ0v) is 21.8. The van der Waals surface area contributed by atoms with Crippen molar-refractivity contribution in [3.63, 3.8) is 0 Å². The van der Waals surface area contributed by atoms with E-state index in [1.54, 1.807) is 31.4 Å². The van der Waals surface area contributed by atoms with E-state index in [0.29, 0.717) is 40.8 Å². The molecule has 0 spiro atoms. The van der Waals surface area contributed by atoms with Crippen molar-refractivity contribution in [2.75, 3.05) is 26.8 Å². The number of fused-ring (bicyclic) bond motifs is 1. The molecule has 3 aromatic carbocycles. The summed E-state index contributed by atoms with van der Waals surface area (Å²) in [6, 6.07) is 20.1. The van der Waals surface area contributed by atoms with Crippen LogP contribution in [0.2, 0.25) is 5.02 Å². The van der Waals surface area contributed by atoms with E-state index in [1.165, 1.54) is 5.56 Å². The van der Waals surface area contributed by atoms with Gasteiger partial charge in [-0.2, -0.15) is 0 Å². The Morgan fingerprint density at radius 3 is 2.24 bits per heavy atom. The molecule has 3 N–H and O–H groups in total. The number of nitrogens with one attached hydrogen (secondary N) is 3. The molecule has 3 aromatic rings. The highest BCUT2D eigenvalue weighted by atomic mass is 35.5. The minimum Gasteiger partial charge on any atom is -0.493 e. The fraction of sp³-hybridized carbons (Fsp3) is 0.222. The van der Waals surface area contributed by atoms with Crippen molar-refractivity contribution >= 4 is 40.7 Å². The standard InChI is InChI=1S/C27H27ClN4O4S/c1-35-24-16-19(17-30-27(37)29-13-12-18-6-9-20(28)10-7-18)8-11-23(24)36-15-14-31-32-25(33)21-4-2-3-5-22(21)26(32)34/h2-11,16,31H,12-15,17H2,1H3,(H2,29,30,37). The van der Waals surface area contributed by atoms with Crippen LogP contribution in [-0.2, 0) is 13.0 Å². The highest BCUT2D eigenvalue weighted by Gasteiger charge is 2.35. The first-order valence-corrected chi connectivity index (χ1v) is 12.5. The van der Waals surface area contributed by atoms with Gasteiger partial charge in [0.15, 0.2) is 16.6 Å². The lowest BCUT2D eigenvalue weighted by molar-refractivity contribution is 0.0558. The molecule has 0 atom stereocenters. The van der Waals surface area contributed by atoms with Crippen LogP contribution in [0.25, 0.3) is 0 Å². The van der Waals surface area contributed by atoms with Crippen LogP contribution in [0.4, 0.5) is 0 Å². The molecule has 1 aliphatic heterocycles. The van der Waals surface area contributed by atoms with Crippen LogP contribution in [0.15, 0.2) is 66.7 Å². The maximum atomic E-state index is 12.4. The normalized spacial score (nSPS) is 12.3. The number of benzene rings is 3. The van der Waals surface area contributed by atoms with E-state index in [1.807, 2.05) is 42.5 Å². The third-order valence-electron chi connectivity index (χ3n) is 5.72. The predicted molar refractivity (Wildman–Crippen MR) is 146 cm³/mol.